The number of benzene rings is 1. The molecule has 1 aliphatic rings. The van der Waals surface area contributed by atoms with Crippen molar-refractivity contribution < 1.29 is 9.63 Å². The molecule has 1 aliphatic heterocycles. The minimum atomic E-state index is -0.384. The van der Waals surface area contributed by atoms with Crippen LogP contribution in [0.4, 0.5) is 5.69 Å². The lowest BCUT2D eigenvalue weighted by Crippen LogP contribution is -2.21. The molecule has 1 aromatic rings. The van der Waals surface area contributed by atoms with E-state index in [1.165, 1.54) is 5.69 Å². The van der Waals surface area contributed by atoms with Crippen molar-refractivity contribution in [3.8, 4) is 0 Å². The summed E-state index contributed by atoms with van der Waals surface area (Å²) in [6.07, 6.45) is 1.81. The highest BCUT2D eigenvalue weighted by Crippen LogP contribution is 2.19. The summed E-state index contributed by atoms with van der Waals surface area (Å²) in [7, 11) is 0. The summed E-state index contributed by atoms with van der Waals surface area (Å²) in [4.78, 5) is 18.3. The number of rotatable bonds is 4. The van der Waals surface area contributed by atoms with Crippen molar-refractivity contribution in [3.63, 3.8) is 0 Å². The van der Waals surface area contributed by atoms with Crippen LogP contribution in [-0.2, 0) is 9.63 Å². The highest BCUT2D eigenvalue weighted by Gasteiger charge is 2.21. The molecular formula is C15H18N2O2. The van der Waals surface area contributed by atoms with Gasteiger partial charge < -0.3 is 9.74 Å². The van der Waals surface area contributed by atoms with E-state index in [9.17, 15) is 4.79 Å². The Balaban J connectivity index is 2.22. The Hall–Kier alpha value is -2.10. The molecule has 1 heterocycles. The summed E-state index contributed by atoms with van der Waals surface area (Å²) in [5.74, 6) is -0.384. The van der Waals surface area contributed by atoms with Crippen LogP contribution in [0, 0.1) is 0 Å². The van der Waals surface area contributed by atoms with Crippen molar-refractivity contribution in [1.82, 2.24) is 0 Å². The Labute approximate surface area is 113 Å². The van der Waals surface area contributed by atoms with Gasteiger partial charge in [0, 0.05) is 18.8 Å². The zero-order chi connectivity index (χ0) is 13.8. The first kappa shape index (κ1) is 13.3. The molecule has 0 spiro atoms. The number of hydrogen-bond acceptors (Lipinski definition) is 4. The van der Waals surface area contributed by atoms with Gasteiger partial charge in [0.15, 0.2) is 0 Å². The van der Waals surface area contributed by atoms with E-state index in [2.05, 4.69) is 40.9 Å². The van der Waals surface area contributed by atoms with Crippen molar-refractivity contribution >= 4 is 23.4 Å². The Morgan fingerprint density at radius 2 is 1.84 bits per heavy atom. The van der Waals surface area contributed by atoms with Gasteiger partial charge in [0.05, 0.1) is 11.3 Å². The second-order valence-electron chi connectivity index (χ2n) is 4.38. The van der Waals surface area contributed by atoms with E-state index in [1.807, 2.05) is 12.1 Å². The molecule has 0 radical (unpaired) electrons. The lowest BCUT2D eigenvalue weighted by Gasteiger charge is -2.20. The highest BCUT2D eigenvalue weighted by molar-refractivity contribution is 6.24. The number of carbonyl (C=O) groups is 1. The van der Waals surface area contributed by atoms with Crippen LogP contribution in [0.5, 0.6) is 0 Å². The van der Waals surface area contributed by atoms with Gasteiger partial charge in [0.1, 0.15) is 0 Å². The third kappa shape index (κ3) is 2.84. The number of nitrogens with zero attached hydrogens (tertiary/aromatic N) is 2. The molecule has 0 aromatic heterocycles. The standard InChI is InChI=1S/C15H18N2O2/c1-4-17(5-2)13-8-6-12(7-9-13)10-14-11(3)16-19-15(14)18/h6-10H,4-5H2,1-3H3/b14-10-. The van der Waals surface area contributed by atoms with Crippen LogP contribution in [0.1, 0.15) is 26.3 Å². The van der Waals surface area contributed by atoms with E-state index in [4.69, 9.17) is 0 Å². The average molecular weight is 258 g/mol. The average Bonchev–Trinajstić information content (AvgIpc) is 2.74. The van der Waals surface area contributed by atoms with Gasteiger partial charge >= 0.3 is 5.97 Å². The van der Waals surface area contributed by atoms with Crippen LogP contribution in [0.3, 0.4) is 0 Å². The smallest absolute Gasteiger partial charge is 0.367 e. The zero-order valence-electron chi connectivity index (χ0n) is 11.5. The van der Waals surface area contributed by atoms with Gasteiger partial charge in [-0.05, 0) is 44.5 Å². The third-order valence-electron chi connectivity index (χ3n) is 3.21. The Bertz CT molecular complexity index is 526. The van der Waals surface area contributed by atoms with E-state index in [0.717, 1.165) is 18.7 Å². The molecule has 0 N–H and O–H groups in total. The van der Waals surface area contributed by atoms with Gasteiger partial charge in [-0.25, -0.2) is 4.79 Å². The first-order valence-corrected chi connectivity index (χ1v) is 6.48. The predicted molar refractivity (Wildman–Crippen MR) is 77.2 cm³/mol. The number of carbonyl (C=O) groups excluding carboxylic acids is 1. The molecule has 0 aliphatic carbocycles. The van der Waals surface area contributed by atoms with E-state index in [0.29, 0.717) is 11.3 Å². The van der Waals surface area contributed by atoms with E-state index < -0.39 is 0 Å². The number of anilines is 1. The van der Waals surface area contributed by atoms with E-state index in [-0.39, 0.29) is 5.97 Å². The van der Waals surface area contributed by atoms with Gasteiger partial charge in [0.25, 0.3) is 0 Å². The molecule has 0 saturated carbocycles. The highest BCUT2D eigenvalue weighted by atomic mass is 16.7. The van der Waals surface area contributed by atoms with Crippen molar-refractivity contribution in [2.75, 3.05) is 18.0 Å². The fraction of sp³-hybridized carbons (Fsp3) is 0.333. The zero-order valence-corrected chi connectivity index (χ0v) is 11.5. The minimum absolute atomic E-state index is 0.384. The van der Waals surface area contributed by atoms with Crippen molar-refractivity contribution in [1.29, 1.82) is 0 Å². The molecule has 0 fully saturated rings. The van der Waals surface area contributed by atoms with Gasteiger partial charge in [-0.3, -0.25) is 0 Å². The van der Waals surface area contributed by atoms with Gasteiger partial charge in [0.2, 0.25) is 0 Å². The van der Waals surface area contributed by atoms with Crippen molar-refractivity contribution in [2.45, 2.75) is 20.8 Å². The Morgan fingerprint density at radius 1 is 1.21 bits per heavy atom. The van der Waals surface area contributed by atoms with Crippen LogP contribution in [0.15, 0.2) is 35.0 Å². The SMILES string of the molecule is CCN(CC)c1ccc(/C=C2\C(=O)ON=C2C)cc1. The Kier molecular flexibility index (Phi) is 4.00. The molecule has 0 amide bonds. The van der Waals surface area contributed by atoms with Crippen LogP contribution in [0.2, 0.25) is 0 Å². The first-order valence-electron chi connectivity index (χ1n) is 6.48. The number of oxime groups is 1. The molecular weight excluding hydrogens is 240 g/mol. The summed E-state index contributed by atoms with van der Waals surface area (Å²) >= 11 is 0. The predicted octanol–water partition coefficient (Wildman–Crippen LogP) is 2.85. The quantitative estimate of drug-likeness (QED) is 0.616. The maximum atomic E-state index is 11.4. The topological polar surface area (TPSA) is 41.9 Å². The summed E-state index contributed by atoms with van der Waals surface area (Å²) in [6, 6.07) is 8.12. The summed E-state index contributed by atoms with van der Waals surface area (Å²) < 4.78 is 0. The van der Waals surface area contributed by atoms with Gasteiger partial charge in [-0.2, -0.15) is 0 Å². The largest absolute Gasteiger partial charge is 0.372 e. The molecule has 4 nitrogen and oxygen atoms in total. The second kappa shape index (κ2) is 5.69. The lowest BCUT2D eigenvalue weighted by atomic mass is 10.1. The van der Waals surface area contributed by atoms with Crippen LogP contribution in [0.25, 0.3) is 6.08 Å². The molecule has 2 rings (SSSR count). The van der Waals surface area contributed by atoms with Gasteiger partial charge in [-0.1, -0.05) is 17.3 Å². The Morgan fingerprint density at radius 3 is 2.32 bits per heavy atom. The van der Waals surface area contributed by atoms with Crippen LogP contribution >= 0.6 is 0 Å². The molecule has 0 unspecified atom stereocenters. The summed E-state index contributed by atoms with van der Waals surface area (Å²) in [6.45, 7) is 7.99. The molecule has 0 bridgehead atoms. The van der Waals surface area contributed by atoms with E-state index in [1.54, 1.807) is 13.0 Å². The second-order valence-corrected chi connectivity index (χ2v) is 4.38. The van der Waals surface area contributed by atoms with Gasteiger partial charge in [-0.15, -0.1) is 0 Å². The monoisotopic (exact) mass is 258 g/mol. The van der Waals surface area contributed by atoms with E-state index >= 15 is 0 Å². The molecule has 4 heteroatoms. The maximum Gasteiger partial charge on any atom is 0.367 e. The first-order chi connectivity index (χ1) is 9.15. The lowest BCUT2D eigenvalue weighted by molar-refractivity contribution is -0.136. The molecule has 0 saturated heterocycles. The van der Waals surface area contributed by atoms with Crippen molar-refractivity contribution in [2.24, 2.45) is 5.16 Å². The molecule has 100 valence electrons. The third-order valence-corrected chi connectivity index (χ3v) is 3.21. The number of hydrogen-bond donors (Lipinski definition) is 0. The summed E-state index contributed by atoms with van der Waals surface area (Å²) in [5.41, 5.74) is 3.30. The van der Waals surface area contributed by atoms with Crippen LogP contribution < -0.4 is 4.90 Å². The fourth-order valence-electron chi connectivity index (χ4n) is 2.06. The molecule has 0 atom stereocenters. The van der Waals surface area contributed by atoms with Crippen molar-refractivity contribution in [3.05, 3.63) is 35.4 Å². The summed E-state index contributed by atoms with van der Waals surface area (Å²) in [5, 5.41) is 3.66. The molecule has 19 heavy (non-hydrogen) atoms. The maximum absolute atomic E-state index is 11.4. The fourth-order valence-corrected chi connectivity index (χ4v) is 2.06. The van der Waals surface area contributed by atoms with Crippen LogP contribution in [-0.4, -0.2) is 24.8 Å². The normalized spacial score (nSPS) is 16.5. The molecule has 1 aromatic carbocycles. The minimum Gasteiger partial charge on any atom is -0.372 e.